The van der Waals surface area contributed by atoms with E-state index >= 15 is 0 Å². The Balaban J connectivity index is 0.000000858. The summed E-state index contributed by atoms with van der Waals surface area (Å²) in [6.07, 6.45) is 4.00. The number of carbonyl (C=O) groups excluding carboxylic acids is 1. The molecule has 3 saturated heterocycles. The van der Waals surface area contributed by atoms with E-state index in [0.717, 1.165) is 78.0 Å². The van der Waals surface area contributed by atoms with Crippen LogP contribution in [0.2, 0.25) is 0 Å². The van der Waals surface area contributed by atoms with Crippen LogP contribution < -0.4 is 4.90 Å². The van der Waals surface area contributed by atoms with Crippen LogP contribution in [0.3, 0.4) is 0 Å². The summed E-state index contributed by atoms with van der Waals surface area (Å²) in [5, 5.41) is 6.89. The van der Waals surface area contributed by atoms with Gasteiger partial charge in [0.15, 0.2) is 0 Å². The fraction of sp³-hybridized carbons (Fsp3) is 0.667. The molecule has 1 atom stereocenters. The van der Waals surface area contributed by atoms with Crippen LogP contribution in [0.1, 0.15) is 38.2 Å². The molecule has 0 bridgehead atoms. The Kier molecular flexibility index (Phi) is 8.32. The second-order valence-electron chi connectivity index (χ2n) is 9.00. The van der Waals surface area contributed by atoms with Crippen LogP contribution in [0.4, 0.5) is 5.69 Å². The highest BCUT2D eigenvalue weighted by Gasteiger charge is 2.50. The standard InChI is InChI=1S/C23H35N3O2.CH2O2/c1-3-24-12-9-23(10-13-24)18-21(28-22(23)27)8-11-25-14-16-26(17-15-25)20-6-4-19(2)5-7-20;2-1-3/h4-7,21H,3,8-18H2,1-2H3;1H,(H,2,3). The Bertz CT molecular complexity index is 708. The number of rotatable bonds is 5. The molecule has 4 rings (SSSR count). The molecule has 1 spiro atoms. The summed E-state index contributed by atoms with van der Waals surface area (Å²) >= 11 is 0. The maximum Gasteiger partial charge on any atom is 0.312 e. The van der Waals surface area contributed by atoms with Crippen LogP contribution in [-0.4, -0.2) is 85.8 Å². The number of piperazine rings is 1. The topological polar surface area (TPSA) is 73.3 Å². The van der Waals surface area contributed by atoms with Crippen molar-refractivity contribution in [3.8, 4) is 0 Å². The van der Waals surface area contributed by atoms with Gasteiger partial charge in [0.05, 0.1) is 5.41 Å². The molecule has 0 amide bonds. The summed E-state index contributed by atoms with van der Waals surface area (Å²) in [5.41, 5.74) is 2.46. The van der Waals surface area contributed by atoms with Crippen LogP contribution in [0, 0.1) is 12.3 Å². The first kappa shape index (κ1) is 23.5. The third kappa shape index (κ3) is 5.98. The number of hydrogen-bond acceptors (Lipinski definition) is 6. The molecule has 31 heavy (non-hydrogen) atoms. The average molecular weight is 432 g/mol. The molecular formula is C24H37N3O4. The fourth-order valence-electron chi connectivity index (χ4n) is 5.02. The largest absolute Gasteiger partial charge is 0.483 e. The number of benzene rings is 1. The molecule has 3 heterocycles. The van der Waals surface area contributed by atoms with Crippen molar-refractivity contribution in [2.24, 2.45) is 5.41 Å². The molecule has 0 aliphatic carbocycles. The number of likely N-dealkylation sites (tertiary alicyclic amines) is 1. The second-order valence-corrected chi connectivity index (χ2v) is 9.00. The van der Waals surface area contributed by atoms with Crippen LogP contribution in [0.25, 0.3) is 0 Å². The minimum atomic E-state index is -0.250. The van der Waals surface area contributed by atoms with Crippen LogP contribution in [0.5, 0.6) is 0 Å². The normalized spacial score (nSPS) is 23.9. The van der Waals surface area contributed by atoms with Crippen molar-refractivity contribution in [1.29, 1.82) is 0 Å². The van der Waals surface area contributed by atoms with Crippen molar-refractivity contribution in [2.75, 3.05) is 57.3 Å². The minimum Gasteiger partial charge on any atom is -0.483 e. The third-order valence-electron chi connectivity index (χ3n) is 7.12. The first-order chi connectivity index (χ1) is 15.0. The molecule has 0 radical (unpaired) electrons. The van der Waals surface area contributed by atoms with Gasteiger partial charge in [-0.1, -0.05) is 24.6 Å². The maximum atomic E-state index is 12.6. The molecule has 1 aromatic carbocycles. The molecule has 0 saturated carbocycles. The van der Waals surface area contributed by atoms with E-state index in [1.807, 2.05) is 0 Å². The predicted octanol–water partition coefficient (Wildman–Crippen LogP) is 2.63. The van der Waals surface area contributed by atoms with Crippen LogP contribution in [-0.2, 0) is 14.3 Å². The van der Waals surface area contributed by atoms with Gasteiger partial charge in [-0.25, -0.2) is 0 Å². The lowest BCUT2D eigenvalue weighted by molar-refractivity contribution is -0.151. The van der Waals surface area contributed by atoms with Crippen molar-refractivity contribution in [3.63, 3.8) is 0 Å². The maximum absolute atomic E-state index is 12.6. The summed E-state index contributed by atoms with van der Waals surface area (Å²) in [5.74, 6) is 0.0810. The molecule has 7 nitrogen and oxygen atoms in total. The summed E-state index contributed by atoms with van der Waals surface area (Å²) in [7, 11) is 0. The van der Waals surface area contributed by atoms with Gasteiger partial charge in [-0.05, 0) is 58.0 Å². The quantitative estimate of drug-likeness (QED) is 0.567. The first-order valence-electron chi connectivity index (χ1n) is 11.5. The Labute approximate surface area is 185 Å². The fourth-order valence-corrected chi connectivity index (χ4v) is 5.02. The Hall–Kier alpha value is -2.12. The molecular weight excluding hydrogens is 394 g/mol. The van der Waals surface area contributed by atoms with Crippen molar-refractivity contribution >= 4 is 18.1 Å². The van der Waals surface area contributed by atoms with Crippen LogP contribution >= 0.6 is 0 Å². The smallest absolute Gasteiger partial charge is 0.312 e. The number of anilines is 1. The molecule has 0 aromatic heterocycles. The van der Waals surface area contributed by atoms with Gasteiger partial charge in [-0.15, -0.1) is 0 Å². The molecule has 7 heteroatoms. The Morgan fingerprint density at radius 3 is 2.26 bits per heavy atom. The number of carboxylic acid groups (broad SMARTS) is 1. The van der Waals surface area contributed by atoms with E-state index in [4.69, 9.17) is 14.6 Å². The Morgan fingerprint density at radius 1 is 1.06 bits per heavy atom. The molecule has 172 valence electrons. The van der Waals surface area contributed by atoms with Crippen molar-refractivity contribution < 1.29 is 19.4 Å². The highest BCUT2D eigenvalue weighted by Crippen LogP contribution is 2.43. The van der Waals surface area contributed by atoms with Gasteiger partial charge in [0, 0.05) is 44.8 Å². The predicted molar refractivity (Wildman–Crippen MR) is 121 cm³/mol. The van der Waals surface area contributed by atoms with E-state index in [1.54, 1.807) is 0 Å². The van der Waals surface area contributed by atoms with Gasteiger partial charge in [-0.3, -0.25) is 14.5 Å². The number of carbonyl (C=O) groups is 2. The molecule has 3 fully saturated rings. The SMILES string of the molecule is CCN1CCC2(CC1)CC(CCN1CCN(c3ccc(C)cc3)CC1)OC2=O.O=CO. The summed E-state index contributed by atoms with van der Waals surface area (Å²) in [6.45, 7) is 12.6. The van der Waals surface area contributed by atoms with Gasteiger partial charge >= 0.3 is 5.97 Å². The molecule has 1 aromatic rings. The lowest BCUT2D eigenvalue weighted by Crippen LogP contribution is -2.47. The summed E-state index contributed by atoms with van der Waals surface area (Å²) < 4.78 is 5.82. The van der Waals surface area contributed by atoms with Crippen molar-refractivity contribution in [1.82, 2.24) is 9.80 Å². The molecule has 3 aliphatic rings. The monoisotopic (exact) mass is 431 g/mol. The summed E-state index contributed by atoms with van der Waals surface area (Å²) in [4.78, 5) is 28.4. The number of piperidine rings is 1. The third-order valence-corrected chi connectivity index (χ3v) is 7.12. The highest BCUT2D eigenvalue weighted by atomic mass is 16.6. The lowest BCUT2D eigenvalue weighted by Gasteiger charge is -2.36. The van der Waals surface area contributed by atoms with Gasteiger partial charge in [0.25, 0.3) is 6.47 Å². The number of hydrogen-bond donors (Lipinski definition) is 1. The van der Waals surface area contributed by atoms with Crippen molar-refractivity contribution in [2.45, 2.75) is 45.6 Å². The zero-order valence-electron chi connectivity index (χ0n) is 19.0. The Morgan fingerprint density at radius 2 is 1.68 bits per heavy atom. The molecule has 1 unspecified atom stereocenters. The lowest BCUT2D eigenvalue weighted by atomic mass is 9.76. The van der Waals surface area contributed by atoms with E-state index in [0.29, 0.717) is 0 Å². The number of ether oxygens (including phenoxy) is 1. The van der Waals surface area contributed by atoms with Crippen LogP contribution in [0.15, 0.2) is 24.3 Å². The average Bonchev–Trinajstić information content (AvgIpc) is 3.09. The van der Waals surface area contributed by atoms with Gasteiger partial charge in [-0.2, -0.15) is 0 Å². The van der Waals surface area contributed by atoms with Gasteiger partial charge in [0.2, 0.25) is 0 Å². The first-order valence-corrected chi connectivity index (χ1v) is 11.5. The number of cyclic esters (lactones) is 1. The van der Waals surface area contributed by atoms with Gasteiger partial charge < -0.3 is 19.6 Å². The number of aryl methyl sites for hydroxylation is 1. The molecule has 3 aliphatic heterocycles. The van der Waals surface area contributed by atoms with E-state index < -0.39 is 0 Å². The number of nitrogens with zero attached hydrogens (tertiary/aromatic N) is 3. The second kappa shape index (κ2) is 11.0. The van der Waals surface area contributed by atoms with E-state index in [-0.39, 0.29) is 24.0 Å². The van der Waals surface area contributed by atoms with Gasteiger partial charge in [0.1, 0.15) is 6.10 Å². The van der Waals surface area contributed by atoms with E-state index in [9.17, 15) is 4.79 Å². The van der Waals surface area contributed by atoms with E-state index in [1.165, 1.54) is 11.3 Å². The summed E-state index contributed by atoms with van der Waals surface area (Å²) in [6, 6.07) is 8.84. The molecule has 1 N–H and O–H groups in total. The highest BCUT2D eigenvalue weighted by molar-refractivity contribution is 5.79. The zero-order valence-corrected chi connectivity index (χ0v) is 19.0. The van der Waals surface area contributed by atoms with E-state index in [2.05, 4.69) is 52.8 Å². The minimum absolute atomic E-state index is 0.0810. The van der Waals surface area contributed by atoms with Crippen molar-refractivity contribution in [3.05, 3.63) is 29.8 Å². The number of esters is 1. The zero-order chi connectivity index (χ0) is 22.3.